The van der Waals surface area contributed by atoms with Gasteiger partial charge in [0.05, 0.1) is 11.6 Å². The van der Waals surface area contributed by atoms with Gasteiger partial charge in [-0.3, -0.25) is 9.59 Å². The zero-order valence-electron chi connectivity index (χ0n) is 16.1. The lowest BCUT2D eigenvalue weighted by molar-refractivity contribution is -0.137. The van der Waals surface area contributed by atoms with Gasteiger partial charge in [0.1, 0.15) is 0 Å². The van der Waals surface area contributed by atoms with Gasteiger partial charge in [-0.15, -0.1) is 0 Å². The van der Waals surface area contributed by atoms with Crippen LogP contribution < -0.4 is 10.6 Å². The fourth-order valence-electron chi connectivity index (χ4n) is 2.83. The lowest BCUT2D eigenvalue weighted by atomic mass is 10.1. The fourth-order valence-corrected chi connectivity index (χ4v) is 2.83. The maximum atomic E-state index is 12.7. The number of amides is 2. The van der Waals surface area contributed by atoms with Gasteiger partial charge in [0.25, 0.3) is 0 Å². The van der Waals surface area contributed by atoms with E-state index in [-0.39, 0.29) is 19.0 Å². The number of benzene rings is 2. The number of anilines is 1. The Labute approximate surface area is 167 Å². The first-order valence-corrected chi connectivity index (χ1v) is 9.16. The minimum Gasteiger partial charge on any atom is -0.343 e. The van der Waals surface area contributed by atoms with Crippen LogP contribution in [0.15, 0.2) is 54.6 Å². The topological polar surface area (TPSA) is 66.6 Å². The van der Waals surface area contributed by atoms with Crippen molar-refractivity contribution in [1.82, 2.24) is 4.90 Å². The van der Waals surface area contributed by atoms with Crippen LogP contribution in [0.2, 0.25) is 0 Å². The SMILES string of the molecule is CN(CCN(C=O)c1ccc(C(F)(F)F)cc1)C(=O)[C@@H](N)CCc1ccccc1. The third kappa shape index (κ3) is 6.60. The second kappa shape index (κ2) is 10.1. The van der Waals surface area contributed by atoms with Crippen molar-refractivity contribution in [3.8, 4) is 0 Å². The van der Waals surface area contributed by atoms with Crippen molar-refractivity contribution < 1.29 is 22.8 Å². The van der Waals surface area contributed by atoms with Gasteiger partial charge >= 0.3 is 6.18 Å². The predicted octanol–water partition coefficient (Wildman–Crippen LogP) is 3.09. The highest BCUT2D eigenvalue weighted by atomic mass is 19.4. The standard InChI is InChI=1S/C21H24F3N3O2/c1-26(20(29)19(25)12-7-16-5-3-2-4-6-16)13-14-27(15-28)18-10-8-17(9-11-18)21(22,23)24/h2-6,8-11,15,19H,7,12-14,25H2,1H3/t19-/m0/s1. The van der Waals surface area contributed by atoms with E-state index >= 15 is 0 Å². The molecule has 0 aliphatic heterocycles. The number of aryl methyl sites for hydroxylation is 1. The molecule has 0 aromatic heterocycles. The molecule has 0 unspecified atom stereocenters. The van der Waals surface area contributed by atoms with Crippen LogP contribution in [-0.2, 0) is 22.2 Å². The van der Waals surface area contributed by atoms with Gasteiger partial charge in [-0.2, -0.15) is 13.2 Å². The number of carbonyl (C=O) groups is 2. The summed E-state index contributed by atoms with van der Waals surface area (Å²) in [6.45, 7) is 0.347. The maximum absolute atomic E-state index is 12.7. The molecule has 0 spiro atoms. The van der Waals surface area contributed by atoms with Crippen molar-refractivity contribution in [3.63, 3.8) is 0 Å². The second-order valence-electron chi connectivity index (χ2n) is 6.73. The predicted molar refractivity (Wildman–Crippen MR) is 105 cm³/mol. The highest BCUT2D eigenvalue weighted by molar-refractivity contribution is 5.81. The molecule has 2 aromatic carbocycles. The summed E-state index contributed by atoms with van der Waals surface area (Å²) in [5.74, 6) is -0.251. The Kier molecular flexibility index (Phi) is 7.78. The number of nitrogens with zero attached hydrogens (tertiary/aromatic N) is 2. The summed E-state index contributed by atoms with van der Waals surface area (Å²) in [5, 5.41) is 0. The Hall–Kier alpha value is -2.87. The molecule has 8 heteroatoms. The molecule has 0 fully saturated rings. The average molecular weight is 407 g/mol. The molecule has 0 radical (unpaired) electrons. The molecule has 29 heavy (non-hydrogen) atoms. The Bertz CT molecular complexity index is 795. The number of hydrogen-bond acceptors (Lipinski definition) is 3. The minimum absolute atomic E-state index is 0.141. The Balaban J connectivity index is 1.87. The van der Waals surface area contributed by atoms with Crippen LogP contribution >= 0.6 is 0 Å². The van der Waals surface area contributed by atoms with Gasteiger partial charge in [0.15, 0.2) is 0 Å². The highest BCUT2D eigenvalue weighted by Crippen LogP contribution is 2.30. The molecule has 2 amide bonds. The summed E-state index contributed by atoms with van der Waals surface area (Å²) in [4.78, 5) is 26.4. The number of alkyl halides is 3. The van der Waals surface area contributed by atoms with Crippen LogP contribution in [-0.4, -0.2) is 43.4 Å². The van der Waals surface area contributed by atoms with E-state index in [1.165, 1.54) is 21.9 Å². The van der Waals surface area contributed by atoms with Crippen LogP contribution in [0.25, 0.3) is 0 Å². The van der Waals surface area contributed by atoms with Gasteiger partial charge in [0.2, 0.25) is 12.3 Å². The number of rotatable bonds is 9. The lowest BCUT2D eigenvalue weighted by Gasteiger charge is -2.25. The molecule has 0 aliphatic carbocycles. The summed E-state index contributed by atoms with van der Waals surface area (Å²) in [7, 11) is 1.58. The van der Waals surface area contributed by atoms with E-state index in [9.17, 15) is 22.8 Å². The Morgan fingerprint density at radius 2 is 1.69 bits per heavy atom. The van der Waals surface area contributed by atoms with Crippen molar-refractivity contribution >= 4 is 18.0 Å². The molecular formula is C21H24F3N3O2. The highest BCUT2D eigenvalue weighted by Gasteiger charge is 2.30. The summed E-state index contributed by atoms with van der Waals surface area (Å²) < 4.78 is 38.0. The van der Waals surface area contributed by atoms with Gasteiger partial charge < -0.3 is 15.5 Å². The van der Waals surface area contributed by atoms with E-state index in [4.69, 9.17) is 5.73 Å². The molecule has 0 saturated heterocycles. The number of carbonyl (C=O) groups excluding carboxylic acids is 2. The zero-order valence-corrected chi connectivity index (χ0v) is 16.1. The third-order valence-electron chi connectivity index (χ3n) is 4.61. The van der Waals surface area contributed by atoms with Crippen LogP contribution in [0, 0.1) is 0 Å². The Morgan fingerprint density at radius 3 is 2.24 bits per heavy atom. The number of hydrogen-bond donors (Lipinski definition) is 1. The van der Waals surface area contributed by atoms with E-state index in [1.54, 1.807) is 7.05 Å². The normalized spacial score (nSPS) is 12.3. The van der Waals surface area contributed by atoms with E-state index in [2.05, 4.69) is 0 Å². The van der Waals surface area contributed by atoms with Crippen LogP contribution in [0.4, 0.5) is 18.9 Å². The Morgan fingerprint density at radius 1 is 1.07 bits per heavy atom. The number of halogens is 3. The molecule has 0 aliphatic rings. The van der Waals surface area contributed by atoms with Crippen LogP contribution in [0.3, 0.4) is 0 Å². The largest absolute Gasteiger partial charge is 0.416 e. The fraction of sp³-hybridized carbons (Fsp3) is 0.333. The first-order valence-electron chi connectivity index (χ1n) is 9.16. The molecule has 5 nitrogen and oxygen atoms in total. The monoisotopic (exact) mass is 407 g/mol. The summed E-state index contributed by atoms with van der Waals surface area (Å²) in [6, 6.07) is 13.3. The molecule has 0 saturated carbocycles. The molecule has 156 valence electrons. The van der Waals surface area contributed by atoms with Gasteiger partial charge in [0, 0.05) is 25.8 Å². The van der Waals surface area contributed by atoms with Gasteiger partial charge in [-0.1, -0.05) is 30.3 Å². The smallest absolute Gasteiger partial charge is 0.343 e. The lowest BCUT2D eigenvalue weighted by Crippen LogP contribution is -2.44. The molecule has 0 bridgehead atoms. The van der Waals surface area contributed by atoms with E-state index in [1.807, 2.05) is 30.3 Å². The van der Waals surface area contributed by atoms with Crippen molar-refractivity contribution in [3.05, 3.63) is 65.7 Å². The first-order chi connectivity index (χ1) is 13.7. The first kappa shape index (κ1) is 22.4. The van der Waals surface area contributed by atoms with Crippen molar-refractivity contribution in [2.75, 3.05) is 25.0 Å². The quantitative estimate of drug-likeness (QED) is 0.650. The summed E-state index contributed by atoms with van der Waals surface area (Å²) >= 11 is 0. The van der Waals surface area contributed by atoms with E-state index in [0.717, 1.165) is 17.7 Å². The second-order valence-corrected chi connectivity index (χ2v) is 6.73. The van der Waals surface area contributed by atoms with E-state index < -0.39 is 17.8 Å². The zero-order chi connectivity index (χ0) is 21.4. The van der Waals surface area contributed by atoms with Crippen LogP contribution in [0.1, 0.15) is 17.5 Å². The van der Waals surface area contributed by atoms with Crippen molar-refractivity contribution in [2.24, 2.45) is 5.73 Å². The maximum Gasteiger partial charge on any atom is 0.416 e. The minimum atomic E-state index is -4.44. The van der Waals surface area contributed by atoms with Gasteiger partial charge in [-0.25, -0.2) is 0 Å². The molecular weight excluding hydrogens is 383 g/mol. The van der Waals surface area contributed by atoms with Gasteiger partial charge in [-0.05, 0) is 42.7 Å². The summed E-state index contributed by atoms with van der Waals surface area (Å²) in [6.07, 6.45) is -2.75. The molecule has 1 atom stereocenters. The van der Waals surface area contributed by atoms with Crippen molar-refractivity contribution in [2.45, 2.75) is 25.1 Å². The van der Waals surface area contributed by atoms with Crippen molar-refractivity contribution in [1.29, 1.82) is 0 Å². The average Bonchev–Trinajstić information content (AvgIpc) is 2.72. The molecule has 2 N–H and O–H groups in total. The molecule has 2 rings (SSSR count). The third-order valence-corrected chi connectivity index (χ3v) is 4.61. The molecule has 0 heterocycles. The summed E-state index contributed by atoms with van der Waals surface area (Å²) in [5.41, 5.74) is 6.62. The number of likely N-dealkylation sites (N-methyl/N-ethyl adjacent to an activating group) is 1. The van der Waals surface area contributed by atoms with E-state index in [0.29, 0.717) is 24.9 Å². The molecule has 2 aromatic rings. The van der Waals surface area contributed by atoms with Crippen LogP contribution in [0.5, 0.6) is 0 Å². The number of nitrogens with two attached hydrogens (primary N) is 1.